The fraction of sp³-hybridized carbons (Fsp3) is 1.00. The van der Waals surface area contributed by atoms with Crippen molar-refractivity contribution in [3.8, 4) is 0 Å². The Kier molecular flexibility index (Phi) is 6.43. The van der Waals surface area contributed by atoms with Gasteiger partial charge in [-0.3, -0.25) is 0 Å². The topological polar surface area (TPSA) is 9.23 Å². The first-order chi connectivity index (χ1) is 10.6. The summed E-state index contributed by atoms with van der Waals surface area (Å²) in [6.45, 7) is -7.83. The molecule has 152 valence electrons. The normalized spacial score (nSPS) is 16.3. The minimum atomic E-state index is -7.89. The van der Waals surface area contributed by atoms with Gasteiger partial charge in [-0.25, -0.2) is 0 Å². The molecule has 0 radical (unpaired) electrons. The van der Waals surface area contributed by atoms with E-state index >= 15 is 0 Å². The van der Waals surface area contributed by atoms with Gasteiger partial charge in [0, 0.05) is 6.61 Å². The first-order valence-electron chi connectivity index (χ1n) is 5.53. The number of alkyl halides is 13. The minimum absolute atomic E-state index is 0.601. The quantitative estimate of drug-likeness (QED) is 0.271. The summed E-state index contributed by atoms with van der Waals surface area (Å²) < 4.78 is 171. The largest absolute Gasteiger partial charge is 0.459 e. The highest BCUT2D eigenvalue weighted by Gasteiger charge is 2.99. The number of hydrogen-bond acceptors (Lipinski definition) is 1. The molecule has 0 unspecified atom stereocenters. The van der Waals surface area contributed by atoms with E-state index in [9.17, 15) is 57.1 Å². The number of rotatable bonds is 5. The average molecular weight is 463 g/mol. The van der Waals surface area contributed by atoms with Gasteiger partial charge >= 0.3 is 37.3 Å². The Morgan fingerprint density at radius 3 is 1.16 bits per heavy atom. The van der Waals surface area contributed by atoms with Crippen molar-refractivity contribution in [2.24, 2.45) is 0 Å². The SMILES string of the molecule is CCO[Si](Cl)(Cl)C(C(F)(F)F)(C(F)(F)F)C(F)(F)C(F)(F)C(F)(F)F. The van der Waals surface area contributed by atoms with Crippen LogP contribution in [0.15, 0.2) is 0 Å². The summed E-state index contributed by atoms with van der Waals surface area (Å²) in [4.78, 5) is 0. The summed E-state index contributed by atoms with van der Waals surface area (Å²) in [6, 6.07) is 0. The Balaban J connectivity index is 7.26. The van der Waals surface area contributed by atoms with Crippen molar-refractivity contribution >= 4 is 29.1 Å². The highest BCUT2D eigenvalue weighted by atomic mass is 35.7. The van der Waals surface area contributed by atoms with Crippen LogP contribution >= 0.6 is 22.2 Å². The second-order valence-electron chi connectivity index (χ2n) is 4.34. The molecule has 0 saturated carbocycles. The molecule has 0 aliphatic carbocycles. The summed E-state index contributed by atoms with van der Waals surface area (Å²) in [6.07, 6.45) is -22.5. The molecule has 25 heavy (non-hydrogen) atoms. The lowest BCUT2D eigenvalue weighted by molar-refractivity contribution is -0.414. The maximum atomic E-state index is 13.7. The number of hydrogen-bond donors (Lipinski definition) is 0. The molecule has 0 spiro atoms. The van der Waals surface area contributed by atoms with Gasteiger partial charge in [-0.1, -0.05) is 0 Å². The van der Waals surface area contributed by atoms with Crippen molar-refractivity contribution in [2.45, 2.75) is 42.3 Å². The summed E-state index contributed by atoms with van der Waals surface area (Å²) in [5, 5.41) is -7.20. The molecule has 0 aromatic rings. The van der Waals surface area contributed by atoms with Crippen LogP contribution in [0.2, 0.25) is 5.04 Å². The van der Waals surface area contributed by atoms with Crippen LogP contribution in [0.1, 0.15) is 6.92 Å². The van der Waals surface area contributed by atoms with Gasteiger partial charge in [0.15, 0.2) is 0 Å². The molecule has 0 aromatic carbocycles. The minimum Gasteiger partial charge on any atom is -0.392 e. The second kappa shape index (κ2) is 6.47. The maximum absolute atomic E-state index is 13.7. The van der Waals surface area contributed by atoms with Gasteiger partial charge in [0.2, 0.25) is 0 Å². The third-order valence-corrected chi connectivity index (χ3v) is 7.59. The summed E-state index contributed by atoms with van der Waals surface area (Å²) in [7, 11) is 0. The van der Waals surface area contributed by atoms with Gasteiger partial charge in [0.25, 0.3) is 5.04 Å². The molecule has 0 aliphatic rings. The monoisotopic (exact) mass is 462 g/mol. The Morgan fingerprint density at radius 2 is 0.960 bits per heavy atom. The molecule has 0 amide bonds. The molecule has 0 fully saturated rings. The van der Waals surface area contributed by atoms with E-state index < -0.39 is 49.0 Å². The Hall–Kier alpha value is -0.153. The molecule has 0 heterocycles. The third-order valence-electron chi connectivity index (χ3n) is 2.83. The van der Waals surface area contributed by atoms with Crippen LogP contribution in [0, 0.1) is 0 Å². The van der Waals surface area contributed by atoms with E-state index in [1.807, 2.05) is 0 Å². The van der Waals surface area contributed by atoms with Crippen molar-refractivity contribution in [3.05, 3.63) is 0 Å². The van der Waals surface area contributed by atoms with Crippen LogP contribution < -0.4 is 0 Å². The zero-order chi connectivity index (χ0) is 20.9. The highest BCUT2D eigenvalue weighted by Crippen LogP contribution is 2.75. The molecule has 17 heteroatoms. The summed E-state index contributed by atoms with van der Waals surface area (Å²) >= 11 is 9.26. The van der Waals surface area contributed by atoms with Crippen LogP contribution in [0.3, 0.4) is 0 Å². The van der Waals surface area contributed by atoms with Crippen LogP contribution in [0.5, 0.6) is 0 Å². The molecule has 0 bridgehead atoms. The van der Waals surface area contributed by atoms with Crippen LogP contribution in [0.4, 0.5) is 57.1 Å². The first-order valence-corrected chi connectivity index (χ1v) is 9.47. The van der Waals surface area contributed by atoms with E-state index in [-0.39, 0.29) is 0 Å². The predicted octanol–water partition coefficient (Wildman–Crippen LogP) is 6.14. The zero-order valence-corrected chi connectivity index (χ0v) is 13.8. The van der Waals surface area contributed by atoms with E-state index in [1.54, 1.807) is 0 Å². The maximum Gasteiger partial charge on any atom is 0.459 e. The van der Waals surface area contributed by atoms with Crippen LogP contribution in [-0.4, -0.2) is 43.9 Å². The van der Waals surface area contributed by atoms with Crippen molar-refractivity contribution in [2.75, 3.05) is 6.61 Å². The van der Waals surface area contributed by atoms with E-state index in [0.717, 1.165) is 0 Å². The zero-order valence-electron chi connectivity index (χ0n) is 11.3. The standard InChI is InChI=1S/C8H5Cl2F13OSi/c1-2-24-25(9,10)3(6(15,16)17,7(18,19)20)4(11,12)5(13,14)8(21,22)23/h2H2,1H3. The van der Waals surface area contributed by atoms with Gasteiger partial charge in [-0.05, 0) is 6.92 Å². The molecule has 0 aliphatic heterocycles. The highest BCUT2D eigenvalue weighted by molar-refractivity contribution is 7.43. The molecule has 0 N–H and O–H groups in total. The predicted molar refractivity (Wildman–Crippen MR) is 59.8 cm³/mol. The van der Waals surface area contributed by atoms with E-state index in [1.165, 1.54) is 0 Å². The number of halogens is 15. The molecule has 0 saturated heterocycles. The van der Waals surface area contributed by atoms with Gasteiger partial charge < -0.3 is 4.43 Å². The molecular weight excluding hydrogens is 458 g/mol. The van der Waals surface area contributed by atoms with E-state index in [4.69, 9.17) is 0 Å². The van der Waals surface area contributed by atoms with Crippen molar-refractivity contribution in [1.82, 2.24) is 0 Å². The Morgan fingerprint density at radius 1 is 0.640 bits per heavy atom. The van der Waals surface area contributed by atoms with Gasteiger partial charge in [0.1, 0.15) is 0 Å². The van der Waals surface area contributed by atoms with Crippen molar-refractivity contribution < 1.29 is 61.5 Å². The van der Waals surface area contributed by atoms with Crippen LogP contribution in [-0.2, 0) is 4.43 Å². The fourth-order valence-corrected chi connectivity index (χ4v) is 6.15. The van der Waals surface area contributed by atoms with Gasteiger partial charge in [-0.15, -0.1) is 22.2 Å². The van der Waals surface area contributed by atoms with Crippen LogP contribution in [0.25, 0.3) is 0 Å². The lowest BCUT2D eigenvalue weighted by Crippen LogP contribution is -2.73. The summed E-state index contributed by atoms with van der Waals surface area (Å²) in [5.74, 6) is -15.7. The van der Waals surface area contributed by atoms with E-state index in [0.29, 0.717) is 6.92 Å². The molecule has 1 nitrogen and oxygen atoms in total. The lowest BCUT2D eigenvalue weighted by atomic mass is 9.92. The van der Waals surface area contributed by atoms with Crippen molar-refractivity contribution in [3.63, 3.8) is 0 Å². The third kappa shape index (κ3) is 3.40. The molecular formula is C8H5Cl2F13OSi. The summed E-state index contributed by atoms with van der Waals surface area (Å²) in [5.41, 5.74) is 0. The van der Waals surface area contributed by atoms with Gasteiger partial charge in [0.05, 0.1) is 0 Å². The Labute approximate surface area is 140 Å². The fourth-order valence-electron chi connectivity index (χ4n) is 1.73. The average Bonchev–Trinajstić information content (AvgIpc) is 2.21. The van der Waals surface area contributed by atoms with E-state index in [2.05, 4.69) is 26.6 Å². The Bertz CT molecular complexity index is 466. The molecule has 0 aromatic heterocycles. The first kappa shape index (κ1) is 24.8. The van der Waals surface area contributed by atoms with Crippen molar-refractivity contribution in [1.29, 1.82) is 0 Å². The molecule has 0 atom stereocenters. The second-order valence-corrected chi connectivity index (χ2v) is 10.2. The van der Waals surface area contributed by atoms with Gasteiger partial charge in [-0.2, -0.15) is 57.1 Å². The lowest BCUT2D eigenvalue weighted by Gasteiger charge is -2.48. The molecule has 0 rings (SSSR count). The smallest absolute Gasteiger partial charge is 0.392 e.